The molecule has 1 heterocycles. The minimum atomic E-state index is -0.984. The Kier molecular flexibility index (Phi) is 5.44. The van der Waals surface area contributed by atoms with Gasteiger partial charge in [0.2, 0.25) is 5.91 Å². The van der Waals surface area contributed by atoms with Crippen LogP contribution in [0, 0.1) is 6.92 Å². The number of thioether (sulfide) groups is 1. The van der Waals surface area contributed by atoms with Gasteiger partial charge in [-0.1, -0.05) is 12.5 Å². The van der Waals surface area contributed by atoms with Crippen LogP contribution in [0.15, 0.2) is 24.3 Å². The number of carboxylic acids is 1. The van der Waals surface area contributed by atoms with Crippen LogP contribution < -0.4 is 5.32 Å². The molecule has 0 aliphatic carbocycles. The lowest BCUT2D eigenvalue weighted by atomic mass is 10.1. The van der Waals surface area contributed by atoms with Crippen molar-refractivity contribution in [1.29, 1.82) is 0 Å². The number of carbonyl (C=O) groups is 2. The first-order chi connectivity index (χ1) is 10.1. The van der Waals surface area contributed by atoms with Gasteiger partial charge in [-0.05, 0) is 54.9 Å². The van der Waals surface area contributed by atoms with Crippen molar-refractivity contribution in [1.82, 2.24) is 0 Å². The average Bonchev–Trinajstić information content (AvgIpc) is 2.48. The molecule has 0 spiro atoms. The summed E-state index contributed by atoms with van der Waals surface area (Å²) in [6.45, 7) is 1.91. The number of hydrogen-bond donors (Lipinski definition) is 2. The zero-order chi connectivity index (χ0) is 15.2. The molecule has 1 unspecified atom stereocenters. The lowest BCUT2D eigenvalue weighted by Crippen LogP contribution is -2.27. The number of carbonyl (C=O) groups excluding carboxylic acids is 1. The Morgan fingerprint density at radius 3 is 2.86 bits per heavy atom. The van der Waals surface area contributed by atoms with E-state index in [0.717, 1.165) is 35.8 Å². The molecular weight excluding hydrogens is 286 g/mol. The number of nitrogens with one attached hydrogen (secondary N) is 1. The summed E-state index contributed by atoms with van der Waals surface area (Å²) in [7, 11) is 0. The first-order valence-electron chi connectivity index (χ1n) is 7.00. The fourth-order valence-corrected chi connectivity index (χ4v) is 3.43. The van der Waals surface area contributed by atoms with Crippen LogP contribution in [-0.4, -0.2) is 28.0 Å². The van der Waals surface area contributed by atoms with Gasteiger partial charge in [0, 0.05) is 11.8 Å². The highest BCUT2D eigenvalue weighted by atomic mass is 32.2. The molecule has 1 aromatic carbocycles. The maximum Gasteiger partial charge on any atom is 0.328 e. The Balaban J connectivity index is 2.07. The summed E-state index contributed by atoms with van der Waals surface area (Å²) in [6, 6.07) is 5.53. The Labute approximate surface area is 128 Å². The maximum absolute atomic E-state index is 12.2. The molecule has 21 heavy (non-hydrogen) atoms. The quantitative estimate of drug-likeness (QED) is 0.838. The van der Waals surface area contributed by atoms with Crippen molar-refractivity contribution in [2.45, 2.75) is 31.4 Å². The third kappa shape index (κ3) is 4.63. The predicted octanol–water partition coefficient (Wildman–Crippen LogP) is 3.32. The van der Waals surface area contributed by atoms with Gasteiger partial charge >= 0.3 is 5.97 Å². The number of hydrogen-bond acceptors (Lipinski definition) is 3. The Morgan fingerprint density at radius 1 is 1.38 bits per heavy atom. The number of aryl methyl sites for hydroxylation is 1. The summed E-state index contributed by atoms with van der Waals surface area (Å²) >= 11 is 1.71. The topological polar surface area (TPSA) is 66.4 Å². The molecule has 112 valence electrons. The molecule has 1 amide bonds. The van der Waals surface area contributed by atoms with Crippen molar-refractivity contribution < 1.29 is 14.7 Å². The van der Waals surface area contributed by atoms with Crippen molar-refractivity contribution in [3.63, 3.8) is 0 Å². The number of amides is 1. The molecule has 4 nitrogen and oxygen atoms in total. The summed E-state index contributed by atoms with van der Waals surface area (Å²) in [6.07, 6.45) is 5.86. The smallest absolute Gasteiger partial charge is 0.328 e. The van der Waals surface area contributed by atoms with Crippen LogP contribution in [0.4, 0.5) is 5.69 Å². The van der Waals surface area contributed by atoms with Gasteiger partial charge < -0.3 is 10.4 Å². The van der Waals surface area contributed by atoms with Gasteiger partial charge in [-0.3, -0.25) is 4.79 Å². The van der Waals surface area contributed by atoms with Crippen LogP contribution in [0.3, 0.4) is 0 Å². The molecule has 2 rings (SSSR count). The Morgan fingerprint density at radius 2 is 2.19 bits per heavy atom. The van der Waals surface area contributed by atoms with Crippen LogP contribution in [0.1, 0.15) is 30.4 Å². The SMILES string of the molecule is Cc1ccc(NC(=O)C2CCCCS2)cc1/C=C/C(=O)O. The summed E-state index contributed by atoms with van der Waals surface area (Å²) in [5.41, 5.74) is 2.48. The van der Waals surface area contributed by atoms with Crippen LogP contribution in [0.5, 0.6) is 0 Å². The van der Waals surface area contributed by atoms with E-state index in [4.69, 9.17) is 5.11 Å². The van der Waals surface area contributed by atoms with Gasteiger partial charge in [-0.15, -0.1) is 11.8 Å². The lowest BCUT2D eigenvalue weighted by Gasteiger charge is -2.20. The van der Waals surface area contributed by atoms with E-state index in [2.05, 4.69) is 5.32 Å². The first kappa shape index (κ1) is 15.6. The van der Waals surface area contributed by atoms with E-state index in [1.54, 1.807) is 23.9 Å². The third-order valence-corrected chi connectivity index (χ3v) is 4.80. The van der Waals surface area contributed by atoms with Gasteiger partial charge in [0.1, 0.15) is 0 Å². The van der Waals surface area contributed by atoms with Gasteiger partial charge in [0.05, 0.1) is 5.25 Å². The second kappa shape index (κ2) is 7.31. The molecular formula is C16H19NO3S. The number of benzene rings is 1. The van der Waals surface area contributed by atoms with Crippen molar-refractivity contribution in [3.8, 4) is 0 Å². The van der Waals surface area contributed by atoms with Gasteiger partial charge in [-0.2, -0.15) is 0 Å². The first-order valence-corrected chi connectivity index (χ1v) is 8.05. The minimum Gasteiger partial charge on any atom is -0.478 e. The predicted molar refractivity (Wildman–Crippen MR) is 86.6 cm³/mol. The molecule has 1 atom stereocenters. The lowest BCUT2D eigenvalue weighted by molar-refractivity contribution is -0.131. The molecule has 0 saturated carbocycles. The van der Waals surface area contributed by atoms with Gasteiger partial charge in [-0.25, -0.2) is 4.79 Å². The molecule has 5 heteroatoms. The van der Waals surface area contributed by atoms with E-state index in [1.165, 1.54) is 6.42 Å². The van der Waals surface area contributed by atoms with Crippen molar-refractivity contribution >= 4 is 35.4 Å². The Hall–Kier alpha value is -1.75. The molecule has 0 radical (unpaired) electrons. The highest BCUT2D eigenvalue weighted by Gasteiger charge is 2.21. The number of anilines is 1. The number of carboxylic acid groups (broad SMARTS) is 1. The fourth-order valence-electron chi connectivity index (χ4n) is 2.23. The maximum atomic E-state index is 12.2. The molecule has 1 aliphatic heterocycles. The molecule has 1 saturated heterocycles. The van der Waals surface area contributed by atoms with E-state index >= 15 is 0 Å². The standard InChI is InChI=1S/C16H19NO3S/c1-11-5-7-13(10-12(11)6-8-15(18)19)17-16(20)14-4-2-3-9-21-14/h5-8,10,14H,2-4,9H2,1H3,(H,17,20)(H,18,19)/b8-6+. The summed E-state index contributed by atoms with van der Waals surface area (Å²) in [4.78, 5) is 22.8. The summed E-state index contributed by atoms with van der Waals surface area (Å²) in [5.74, 6) is 0.0950. The van der Waals surface area contributed by atoms with Crippen LogP contribution in [0.2, 0.25) is 0 Å². The fraction of sp³-hybridized carbons (Fsp3) is 0.375. The third-order valence-electron chi connectivity index (χ3n) is 3.42. The van der Waals surface area contributed by atoms with Gasteiger partial charge in [0.15, 0.2) is 0 Å². The zero-order valence-corrected chi connectivity index (χ0v) is 12.8. The van der Waals surface area contributed by atoms with Crippen LogP contribution in [-0.2, 0) is 9.59 Å². The Bertz CT molecular complexity index is 563. The average molecular weight is 305 g/mol. The number of rotatable bonds is 4. The molecule has 2 N–H and O–H groups in total. The summed E-state index contributed by atoms with van der Waals surface area (Å²) in [5, 5.41) is 11.6. The largest absolute Gasteiger partial charge is 0.478 e. The van der Waals surface area contributed by atoms with Crippen LogP contribution >= 0.6 is 11.8 Å². The molecule has 1 fully saturated rings. The molecule has 0 bridgehead atoms. The normalized spacial score (nSPS) is 18.6. The molecule has 0 aromatic heterocycles. The van der Waals surface area contributed by atoms with Crippen molar-refractivity contribution in [2.24, 2.45) is 0 Å². The molecule has 1 aromatic rings. The van der Waals surface area contributed by atoms with E-state index in [9.17, 15) is 9.59 Å². The van der Waals surface area contributed by atoms with E-state index in [1.807, 2.05) is 19.1 Å². The summed E-state index contributed by atoms with van der Waals surface area (Å²) < 4.78 is 0. The zero-order valence-electron chi connectivity index (χ0n) is 12.0. The second-order valence-corrected chi connectivity index (χ2v) is 6.40. The van der Waals surface area contributed by atoms with Crippen molar-refractivity contribution in [2.75, 3.05) is 11.1 Å². The van der Waals surface area contributed by atoms with Crippen molar-refractivity contribution in [3.05, 3.63) is 35.4 Å². The van der Waals surface area contributed by atoms with Crippen LogP contribution in [0.25, 0.3) is 6.08 Å². The highest BCUT2D eigenvalue weighted by molar-refractivity contribution is 8.00. The minimum absolute atomic E-state index is 0.0260. The van der Waals surface area contributed by atoms with E-state index in [0.29, 0.717) is 5.69 Å². The van der Waals surface area contributed by atoms with E-state index < -0.39 is 5.97 Å². The molecule has 1 aliphatic rings. The second-order valence-electron chi connectivity index (χ2n) is 5.09. The van der Waals surface area contributed by atoms with Gasteiger partial charge in [0.25, 0.3) is 0 Å². The monoisotopic (exact) mass is 305 g/mol. The highest BCUT2D eigenvalue weighted by Crippen LogP contribution is 2.26. The number of aliphatic carboxylic acids is 1. The van der Waals surface area contributed by atoms with E-state index in [-0.39, 0.29) is 11.2 Å².